The van der Waals surface area contributed by atoms with Crippen LogP contribution in [0.2, 0.25) is 0 Å². The van der Waals surface area contributed by atoms with E-state index >= 15 is 0 Å². The van der Waals surface area contributed by atoms with Crippen LogP contribution >= 0.6 is 0 Å². The summed E-state index contributed by atoms with van der Waals surface area (Å²) in [4.78, 5) is 0. The maximum Gasteiger partial charge on any atom is 0.160 e. The van der Waals surface area contributed by atoms with Crippen LogP contribution in [-0.4, -0.2) is 31.0 Å². The van der Waals surface area contributed by atoms with Crippen molar-refractivity contribution >= 4 is 0 Å². The Balaban J connectivity index is 2.18. The van der Waals surface area contributed by atoms with Crippen molar-refractivity contribution in [3.05, 3.63) is 41.7 Å². The van der Waals surface area contributed by atoms with E-state index in [4.69, 9.17) is 9.47 Å². The summed E-state index contributed by atoms with van der Waals surface area (Å²) >= 11 is 0. The third kappa shape index (κ3) is 3.55. The summed E-state index contributed by atoms with van der Waals surface area (Å²) in [6.45, 7) is 2.96. The van der Waals surface area contributed by atoms with Crippen molar-refractivity contribution in [3.8, 4) is 11.5 Å². The summed E-state index contributed by atoms with van der Waals surface area (Å²) in [5.74, 6) is 1.51. The average Bonchev–Trinajstić information content (AvgIpc) is 3.01. The minimum atomic E-state index is 0.225. The highest BCUT2D eigenvalue weighted by molar-refractivity contribution is 5.43. The zero-order valence-electron chi connectivity index (χ0n) is 13.1. The Kier molecular flexibility index (Phi) is 5.22. The van der Waals surface area contributed by atoms with E-state index < -0.39 is 0 Å². The van der Waals surface area contributed by atoms with Crippen LogP contribution in [0.25, 0.3) is 0 Å². The molecule has 1 atom stereocenters. The van der Waals surface area contributed by atoms with Crippen LogP contribution in [0.3, 0.4) is 0 Å². The second-order valence-corrected chi connectivity index (χ2v) is 4.86. The Morgan fingerprint density at radius 2 is 2.00 bits per heavy atom. The molecule has 0 saturated heterocycles. The van der Waals surface area contributed by atoms with Gasteiger partial charge in [0.2, 0.25) is 0 Å². The number of likely N-dealkylation sites (N-methyl/N-ethyl adjacent to an activating group) is 1. The predicted molar refractivity (Wildman–Crippen MR) is 83.0 cm³/mol. The monoisotopic (exact) mass is 289 g/mol. The zero-order valence-corrected chi connectivity index (χ0v) is 13.1. The fourth-order valence-corrected chi connectivity index (χ4v) is 2.36. The van der Waals surface area contributed by atoms with Gasteiger partial charge in [-0.25, -0.2) is 0 Å². The Morgan fingerprint density at radius 1 is 1.24 bits per heavy atom. The Morgan fingerprint density at radius 3 is 2.57 bits per heavy atom. The molecule has 1 aromatic heterocycles. The molecule has 0 bridgehead atoms. The molecule has 0 saturated carbocycles. The van der Waals surface area contributed by atoms with Gasteiger partial charge < -0.3 is 14.8 Å². The molecule has 0 amide bonds. The van der Waals surface area contributed by atoms with Gasteiger partial charge in [0.05, 0.1) is 20.4 Å². The maximum atomic E-state index is 5.36. The fourth-order valence-electron chi connectivity index (χ4n) is 2.36. The molecule has 0 aliphatic rings. The van der Waals surface area contributed by atoms with Gasteiger partial charge in [0, 0.05) is 24.3 Å². The highest BCUT2D eigenvalue weighted by Gasteiger charge is 2.14. The van der Waals surface area contributed by atoms with Crippen LogP contribution in [0.5, 0.6) is 11.5 Å². The van der Waals surface area contributed by atoms with Crippen molar-refractivity contribution in [1.82, 2.24) is 15.1 Å². The first-order valence-corrected chi connectivity index (χ1v) is 7.12. The predicted octanol–water partition coefficient (Wildman–Crippen LogP) is 2.42. The molecule has 1 heterocycles. The molecule has 2 aromatic rings. The Bertz CT molecular complexity index is 581. The highest BCUT2D eigenvalue weighted by atomic mass is 16.5. The molecule has 0 aliphatic heterocycles. The standard InChI is InChI=1S/C16H23N3O2/c1-5-19-11-13(10-18-19)14(17-2)8-12-6-7-15(20-3)16(9-12)21-4/h6-7,9-11,14,17H,5,8H2,1-4H3. The molecule has 0 radical (unpaired) electrons. The van der Waals surface area contributed by atoms with Crippen LogP contribution in [0, 0.1) is 0 Å². The topological polar surface area (TPSA) is 48.3 Å². The van der Waals surface area contributed by atoms with E-state index in [1.54, 1.807) is 14.2 Å². The molecule has 1 aromatic carbocycles. The van der Waals surface area contributed by atoms with E-state index in [2.05, 4.69) is 29.6 Å². The van der Waals surface area contributed by atoms with Gasteiger partial charge in [-0.05, 0) is 38.1 Å². The fraction of sp³-hybridized carbons (Fsp3) is 0.438. The molecule has 1 N–H and O–H groups in total. The summed E-state index contributed by atoms with van der Waals surface area (Å²) in [7, 11) is 5.27. The first-order chi connectivity index (χ1) is 10.2. The molecule has 5 heteroatoms. The minimum absolute atomic E-state index is 0.225. The number of aryl methyl sites for hydroxylation is 1. The largest absolute Gasteiger partial charge is 0.493 e. The lowest BCUT2D eigenvalue weighted by atomic mass is 10.0. The van der Waals surface area contributed by atoms with E-state index in [1.165, 1.54) is 11.1 Å². The third-order valence-corrected chi connectivity index (χ3v) is 3.62. The summed E-state index contributed by atoms with van der Waals surface area (Å²) < 4.78 is 12.6. The first kappa shape index (κ1) is 15.4. The number of hydrogen-bond donors (Lipinski definition) is 1. The molecule has 0 spiro atoms. The molecule has 2 rings (SSSR count). The van der Waals surface area contributed by atoms with Crippen molar-refractivity contribution in [2.24, 2.45) is 0 Å². The lowest BCUT2D eigenvalue weighted by Gasteiger charge is -2.16. The second kappa shape index (κ2) is 7.13. The summed E-state index contributed by atoms with van der Waals surface area (Å²) in [5.41, 5.74) is 2.38. The van der Waals surface area contributed by atoms with Gasteiger partial charge in [-0.1, -0.05) is 6.07 Å². The Labute approximate surface area is 125 Å². The van der Waals surface area contributed by atoms with Crippen LogP contribution in [0.4, 0.5) is 0 Å². The molecule has 0 aliphatic carbocycles. The number of methoxy groups -OCH3 is 2. The number of benzene rings is 1. The second-order valence-electron chi connectivity index (χ2n) is 4.86. The number of ether oxygens (including phenoxy) is 2. The summed E-state index contributed by atoms with van der Waals surface area (Å²) in [6, 6.07) is 6.25. The van der Waals surface area contributed by atoms with Crippen molar-refractivity contribution in [3.63, 3.8) is 0 Å². The van der Waals surface area contributed by atoms with Gasteiger partial charge in [0.15, 0.2) is 11.5 Å². The molecule has 21 heavy (non-hydrogen) atoms. The van der Waals surface area contributed by atoms with Gasteiger partial charge in [-0.2, -0.15) is 5.10 Å². The van der Waals surface area contributed by atoms with Gasteiger partial charge in [-0.3, -0.25) is 4.68 Å². The minimum Gasteiger partial charge on any atom is -0.493 e. The highest BCUT2D eigenvalue weighted by Crippen LogP contribution is 2.29. The smallest absolute Gasteiger partial charge is 0.160 e. The van der Waals surface area contributed by atoms with E-state index in [1.807, 2.05) is 30.1 Å². The first-order valence-electron chi connectivity index (χ1n) is 7.12. The SMILES string of the molecule is CCn1cc(C(Cc2ccc(OC)c(OC)c2)NC)cn1. The maximum absolute atomic E-state index is 5.36. The molecule has 114 valence electrons. The van der Waals surface area contributed by atoms with Crippen LogP contribution in [0.15, 0.2) is 30.6 Å². The molecule has 5 nitrogen and oxygen atoms in total. The number of rotatable bonds is 7. The number of nitrogens with one attached hydrogen (secondary N) is 1. The lowest BCUT2D eigenvalue weighted by molar-refractivity contribution is 0.354. The van der Waals surface area contributed by atoms with E-state index in [0.717, 1.165) is 24.5 Å². The molecular weight excluding hydrogens is 266 g/mol. The van der Waals surface area contributed by atoms with Gasteiger partial charge in [-0.15, -0.1) is 0 Å². The van der Waals surface area contributed by atoms with Gasteiger partial charge in [0.25, 0.3) is 0 Å². The lowest BCUT2D eigenvalue weighted by Crippen LogP contribution is -2.18. The van der Waals surface area contributed by atoms with Crippen molar-refractivity contribution < 1.29 is 9.47 Å². The van der Waals surface area contributed by atoms with Crippen molar-refractivity contribution in [2.45, 2.75) is 25.9 Å². The van der Waals surface area contributed by atoms with E-state index in [9.17, 15) is 0 Å². The Hall–Kier alpha value is -2.01. The van der Waals surface area contributed by atoms with E-state index in [-0.39, 0.29) is 6.04 Å². The quantitative estimate of drug-likeness (QED) is 0.850. The van der Waals surface area contributed by atoms with Crippen molar-refractivity contribution in [1.29, 1.82) is 0 Å². The molecule has 0 fully saturated rings. The normalized spacial score (nSPS) is 12.2. The van der Waals surface area contributed by atoms with E-state index in [0.29, 0.717) is 0 Å². The number of hydrogen-bond acceptors (Lipinski definition) is 4. The zero-order chi connectivity index (χ0) is 15.2. The summed E-state index contributed by atoms with van der Waals surface area (Å²) in [6.07, 6.45) is 4.87. The van der Waals surface area contributed by atoms with Gasteiger partial charge in [0.1, 0.15) is 0 Å². The molecular formula is C16H23N3O2. The summed E-state index contributed by atoms with van der Waals surface area (Å²) in [5, 5.41) is 7.68. The third-order valence-electron chi connectivity index (χ3n) is 3.62. The van der Waals surface area contributed by atoms with Gasteiger partial charge >= 0.3 is 0 Å². The number of aromatic nitrogens is 2. The number of nitrogens with zero attached hydrogens (tertiary/aromatic N) is 2. The molecule has 1 unspecified atom stereocenters. The van der Waals surface area contributed by atoms with Crippen LogP contribution in [-0.2, 0) is 13.0 Å². The van der Waals surface area contributed by atoms with Crippen LogP contribution < -0.4 is 14.8 Å². The average molecular weight is 289 g/mol. The van der Waals surface area contributed by atoms with Crippen LogP contribution in [0.1, 0.15) is 24.1 Å². The van der Waals surface area contributed by atoms with Crippen molar-refractivity contribution in [2.75, 3.05) is 21.3 Å².